The highest BCUT2D eigenvalue weighted by Crippen LogP contribution is 2.34. The Morgan fingerprint density at radius 1 is 1.12 bits per heavy atom. The third kappa shape index (κ3) is 6.79. The van der Waals surface area contributed by atoms with Crippen molar-refractivity contribution in [1.29, 1.82) is 0 Å². The lowest BCUT2D eigenvalue weighted by Crippen LogP contribution is -2.59. The molecule has 2 aliphatic rings. The van der Waals surface area contributed by atoms with E-state index in [2.05, 4.69) is 52.8 Å². The summed E-state index contributed by atoms with van der Waals surface area (Å²) in [5.74, 6) is 0.842. The number of nitrogens with zero attached hydrogens (tertiary/aromatic N) is 5. The lowest BCUT2D eigenvalue weighted by atomic mass is 9.76. The summed E-state index contributed by atoms with van der Waals surface area (Å²) >= 11 is 0. The van der Waals surface area contributed by atoms with Crippen LogP contribution in [0.1, 0.15) is 64.6 Å². The van der Waals surface area contributed by atoms with Crippen molar-refractivity contribution in [2.45, 2.75) is 78.3 Å². The van der Waals surface area contributed by atoms with Gasteiger partial charge in [-0.15, -0.1) is 0 Å². The fourth-order valence-electron chi connectivity index (χ4n) is 5.66. The molecule has 1 fully saturated rings. The number of aromatic nitrogens is 2. The van der Waals surface area contributed by atoms with Gasteiger partial charge in [0.2, 0.25) is 5.95 Å². The molecule has 33 heavy (non-hydrogen) atoms. The number of nitrogen functional groups attached to an aromatic ring is 1. The lowest BCUT2D eigenvalue weighted by Gasteiger charge is -2.47. The smallest absolute Gasteiger partial charge is 0.317 e. The number of piperidine rings is 1. The minimum absolute atomic E-state index is 0.0770. The molecule has 3 N–H and O–H groups in total. The largest absolute Gasteiger partial charge is 0.368 e. The molecule has 2 amide bonds. The second-order valence-corrected chi connectivity index (χ2v) is 9.73. The monoisotopic (exact) mass is 459 g/mol. The molecule has 0 spiro atoms. The molecule has 0 radical (unpaired) electrons. The van der Waals surface area contributed by atoms with Crippen LogP contribution in [0.25, 0.3) is 0 Å². The fourth-order valence-corrected chi connectivity index (χ4v) is 5.66. The van der Waals surface area contributed by atoms with Crippen LogP contribution in [-0.2, 0) is 12.8 Å². The summed E-state index contributed by atoms with van der Waals surface area (Å²) in [7, 11) is 0. The number of likely N-dealkylation sites (tertiary alicyclic amines) is 1. The van der Waals surface area contributed by atoms with Gasteiger partial charge < -0.3 is 20.9 Å². The molecule has 3 atom stereocenters. The summed E-state index contributed by atoms with van der Waals surface area (Å²) in [5, 5.41) is 3.38. The Hall–Kier alpha value is -1.93. The topological polar surface area (TPSA) is 90.6 Å². The Kier molecular flexibility index (Phi) is 9.74. The van der Waals surface area contributed by atoms with E-state index in [1.54, 1.807) is 0 Å². The first-order valence-corrected chi connectivity index (χ1v) is 13.1. The Bertz CT molecular complexity index is 752. The zero-order valence-electron chi connectivity index (χ0n) is 21.2. The summed E-state index contributed by atoms with van der Waals surface area (Å²) < 4.78 is 0. The number of rotatable bonds is 11. The minimum atomic E-state index is 0.0770. The van der Waals surface area contributed by atoms with Crippen LogP contribution in [-0.4, -0.2) is 88.6 Å². The average Bonchev–Trinajstić information content (AvgIpc) is 2.78. The van der Waals surface area contributed by atoms with Gasteiger partial charge in [-0.1, -0.05) is 20.8 Å². The van der Waals surface area contributed by atoms with Gasteiger partial charge in [-0.3, -0.25) is 4.90 Å². The van der Waals surface area contributed by atoms with Crippen molar-refractivity contribution in [1.82, 2.24) is 30.0 Å². The van der Waals surface area contributed by atoms with E-state index >= 15 is 0 Å². The zero-order chi connectivity index (χ0) is 23.8. The standard InChI is InChI=1S/C25H45N7O/c1-5-9-30(10-6-2)12-13-31(8-4)25(33)28-21-14-19-15-22-20(17-27-24(26)29-22)16-23(19)32(18-21)11-7-3/h17,19,21,23H,5-16,18H2,1-4H3,(H,28,33)(H2,26,27,29)/t19-,21+,23-/m1/s1. The van der Waals surface area contributed by atoms with Crippen LogP contribution in [0.3, 0.4) is 0 Å². The average molecular weight is 460 g/mol. The molecule has 0 saturated carbocycles. The molecular formula is C25H45N7O. The van der Waals surface area contributed by atoms with E-state index in [-0.39, 0.29) is 12.1 Å². The molecule has 186 valence electrons. The van der Waals surface area contributed by atoms with Crippen LogP contribution in [0.4, 0.5) is 10.7 Å². The highest BCUT2D eigenvalue weighted by Gasteiger charge is 2.40. The summed E-state index contributed by atoms with van der Waals surface area (Å²) in [4.78, 5) is 28.9. The summed E-state index contributed by atoms with van der Waals surface area (Å²) in [6.07, 6.45) is 8.21. The van der Waals surface area contributed by atoms with Gasteiger partial charge in [0.25, 0.3) is 0 Å². The molecular weight excluding hydrogens is 414 g/mol. The molecule has 8 heteroatoms. The molecule has 0 unspecified atom stereocenters. The zero-order valence-corrected chi connectivity index (χ0v) is 21.2. The Morgan fingerprint density at radius 3 is 2.55 bits per heavy atom. The number of urea groups is 1. The van der Waals surface area contributed by atoms with Crippen LogP contribution < -0.4 is 11.1 Å². The summed E-state index contributed by atoms with van der Waals surface area (Å²) in [6.45, 7) is 15.4. The van der Waals surface area contributed by atoms with Crippen molar-refractivity contribution in [3.8, 4) is 0 Å². The Morgan fingerprint density at radius 2 is 1.88 bits per heavy atom. The number of amides is 2. The van der Waals surface area contributed by atoms with Crippen molar-refractivity contribution in [3.63, 3.8) is 0 Å². The number of anilines is 1. The third-order valence-electron chi connectivity index (χ3n) is 7.19. The summed E-state index contributed by atoms with van der Waals surface area (Å²) in [6, 6.07) is 0.743. The summed E-state index contributed by atoms with van der Waals surface area (Å²) in [5.41, 5.74) is 8.18. The van der Waals surface area contributed by atoms with E-state index < -0.39 is 0 Å². The van der Waals surface area contributed by atoms with E-state index in [1.165, 1.54) is 5.56 Å². The first-order valence-electron chi connectivity index (χ1n) is 13.1. The number of nitrogens with two attached hydrogens (primary N) is 1. The first-order chi connectivity index (χ1) is 16.0. The van der Waals surface area contributed by atoms with Gasteiger partial charge >= 0.3 is 6.03 Å². The minimum Gasteiger partial charge on any atom is -0.368 e. The van der Waals surface area contributed by atoms with Gasteiger partial charge in [-0.2, -0.15) is 0 Å². The Balaban J connectivity index is 1.62. The van der Waals surface area contributed by atoms with Crippen molar-refractivity contribution in [2.24, 2.45) is 5.92 Å². The molecule has 1 saturated heterocycles. The van der Waals surface area contributed by atoms with Crippen molar-refractivity contribution in [3.05, 3.63) is 17.5 Å². The van der Waals surface area contributed by atoms with E-state index in [4.69, 9.17) is 5.73 Å². The maximum Gasteiger partial charge on any atom is 0.317 e. The predicted octanol–water partition coefficient (Wildman–Crippen LogP) is 2.78. The normalized spacial score (nSPS) is 22.6. The van der Waals surface area contributed by atoms with E-state index in [0.717, 1.165) is 90.0 Å². The molecule has 1 aliphatic heterocycles. The maximum atomic E-state index is 13.2. The van der Waals surface area contributed by atoms with Crippen molar-refractivity contribution >= 4 is 12.0 Å². The lowest BCUT2D eigenvalue weighted by molar-refractivity contribution is 0.0623. The number of likely N-dealkylation sites (N-methyl/N-ethyl adjacent to an activating group) is 1. The molecule has 1 aromatic rings. The van der Waals surface area contributed by atoms with Crippen LogP contribution in [0.2, 0.25) is 0 Å². The second-order valence-electron chi connectivity index (χ2n) is 9.73. The predicted molar refractivity (Wildman–Crippen MR) is 134 cm³/mol. The van der Waals surface area contributed by atoms with Gasteiger partial charge in [0.05, 0.1) is 0 Å². The first kappa shape index (κ1) is 25.7. The van der Waals surface area contributed by atoms with E-state index in [9.17, 15) is 4.79 Å². The van der Waals surface area contributed by atoms with E-state index in [0.29, 0.717) is 17.9 Å². The van der Waals surface area contributed by atoms with Crippen molar-refractivity contribution in [2.75, 3.05) is 51.5 Å². The number of hydrogen-bond acceptors (Lipinski definition) is 6. The SMILES string of the molecule is CCCN(CCC)CCN(CC)C(=O)N[C@H]1C[C@@H]2Cc3nc(N)ncc3C[C@H]2N(CCC)C1. The number of fused-ring (bicyclic) bond motifs is 2. The van der Waals surface area contributed by atoms with Gasteiger partial charge in [0.1, 0.15) is 0 Å². The van der Waals surface area contributed by atoms with Crippen LogP contribution in [0.5, 0.6) is 0 Å². The highest BCUT2D eigenvalue weighted by atomic mass is 16.2. The van der Waals surface area contributed by atoms with Gasteiger partial charge in [0.15, 0.2) is 0 Å². The second kappa shape index (κ2) is 12.5. The Labute approximate surface area is 200 Å². The molecule has 0 bridgehead atoms. The quantitative estimate of drug-likeness (QED) is 0.529. The molecule has 0 aromatic carbocycles. The number of carbonyl (C=O) groups is 1. The number of carbonyl (C=O) groups excluding carboxylic acids is 1. The number of nitrogens with one attached hydrogen (secondary N) is 1. The fraction of sp³-hybridized carbons (Fsp3) is 0.800. The molecule has 8 nitrogen and oxygen atoms in total. The van der Waals surface area contributed by atoms with Crippen LogP contribution in [0.15, 0.2) is 6.20 Å². The molecule has 1 aromatic heterocycles. The third-order valence-corrected chi connectivity index (χ3v) is 7.19. The molecule has 1 aliphatic carbocycles. The molecule has 2 heterocycles. The van der Waals surface area contributed by atoms with Crippen molar-refractivity contribution < 1.29 is 4.79 Å². The highest BCUT2D eigenvalue weighted by molar-refractivity contribution is 5.74. The van der Waals surface area contributed by atoms with E-state index in [1.807, 2.05) is 11.1 Å². The van der Waals surface area contributed by atoms with Crippen LogP contribution in [0, 0.1) is 5.92 Å². The number of hydrogen-bond donors (Lipinski definition) is 2. The maximum absolute atomic E-state index is 13.2. The van der Waals surface area contributed by atoms with Gasteiger partial charge in [-0.05, 0) is 76.6 Å². The molecule has 3 rings (SSSR count). The van der Waals surface area contributed by atoms with Gasteiger partial charge in [0, 0.05) is 50.2 Å². The van der Waals surface area contributed by atoms with Gasteiger partial charge in [-0.25, -0.2) is 14.8 Å². The van der Waals surface area contributed by atoms with Crippen LogP contribution >= 0.6 is 0 Å².